The molecule has 0 saturated carbocycles. The van der Waals surface area contributed by atoms with Crippen molar-refractivity contribution in [3.05, 3.63) is 48.0 Å². The quantitative estimate of drug-likeness (QED) is 0.840. The fourth-order valence-corrected chi connectivity index (χ4v) is 2.94. The summed E-state index contributed by atoms with van der Waals surface area (Å²) in [6, 6.07) is 12.3. The van der Waals surface area contributed by atoms with Crippen LogP contribution in [0.1, 0.15) is 5.56 Å². The van der Waals surface area contributed by atoms with Crippen molar-refractivity contribution >= 4 is 21.4 Å². The normalized spacial score (nSPS) is 10.7. The van der Waals surface area contributed by atoms with Gasteiger partial charge in [-0.15, -0.1) is 0 Å². The van der Waals surface area contributed by atoms with Gasteiger partial charge in [0.1, 0.15) is 16.7 Å². The van der Waals surface area contributed by atoms with Gasteiger partial charge in [0.2, 0.25) is 0 Å². The van der Waals surface area contributed by atoms with E-state index in [1.54, 1.807) is 24.3 Å². The lowest BCUT2D eigenvalue weighted by molar-refractivity contribution is 0.415. The minimum absolute atomic E-state index is 0.00369. The average Bonchev–Trinajstić information content (AvgIpc) is 2.47. The first-order chi connectivity index (χ1) is 9.96. The highest BCUT2D eigenvalue weighted by molar-refractivity contribution is 7.92. The van der Waals surface area contributed by atoms with Crippen LogP contribution in [0.4, 0.5) is 11.4 Å². The number of benzene rings is 2. The molecule has 0 aliphatic carbocycles. The summed E-state index contributed by atoms with van der Waals surface area (Å²) in [4.78, 5) is -0.116. The number of nitrogens with zero attached hydrogens (tertiary/aromatic N) is 1. The van der Waals surface area contributed by atoms with E-state index >= 15 is 0 Å². The Morgan fingerprint density at radius 3 is 2.43 bits per heavy atom. The number of rotatable bonds is 4. The van der Waals surface area contributed by atoms with Gasteiger partial charge in [0.25, 0.3) is 10.0 Å². The predicted molar refractivity (Wildman–Crippen MR) is 79.4 cm³/mol. The van der Waals surface area contributed by atoms with E-state index in [0.29, 0.717) is 17.1 Å². The third kappa shape index (κ3) is 3.24. The van der Waals surface area contributed by atoms with Gasteiger partial charge in [-0.3, -0.25) is 4.72 Å². The van der Waals surface area contributed by atoms with Gasteiger partial charge in [0, 0.05) is 11.4 Å². The van der Waals surface area contributed by atoms with Crippen LogP contribution < -0.4 is 15.2 Å². The smallest absolute Gasteiger partial charge is 0.263 e. The molecule has 2 aromatic carbocycles. The molecule has 0 atom stereocenters. The van der Waals surface area contributed by atoms with E-state index < -0.39 is 10.0 Å². The molecule has 108 valence electrons. The van der Waals surface area contributed by atoms with Crippen molar-refractivity contribution in [3.8, 4) is 11.8 Å². The summed E-state index contributed by atoms with van der Waals surface area (Å²) in [6.07, 6.45) is 0. The highest BCUT2D eigenvalue weighted by Crippen LogP contribution is 2.22. The molecule has 0 bridgehead atoms. The van der Waals surface area contributed by atoms with Gasteiger partial charge >= 0.3 is 0 Å². The van der Waals surface area contributed by atoms with Gasteiger partial charge in [-0.1, -0.05) is 0 Å². The fraction of sp³-hybridized carbons (Fsp3) is 0.0714. The van der Waals surface area contributed by atoms with Crippen LogP contribution in [0, 0.1) is 11.3 Å². The minimum Gasteiger partial charge on any atom is -0.497 e. The van der Waals surface area contributed by atoms with Crippen molar-refractivity contribution < 1.29 is 13.2 Å². The van der Waals surface area contributed by atoms with Gasteiger partial charge in [-0.25, -0.2) is 8.42 Å². The second kappa shape index (κ2) is 5.73. The second-order valence-corrected chi connectivity index (χ2v) is 5.85. The van der Waals surface area contributed by atoms with E-state index in [1.165, 1.54) is 25.3 Å². The molecule has 0 aliphatic rings. The zero-order chi connectivity index (χ0) is 15.5. The summed E-state index contributed by atoms with van der Waals surface area (Å²) in [5.41, 5.74) is 6.25. The molecular formula is C14H13N3O3S. The van der Waals surface area contributed by atoms with E-state index in [4.69, 9.17) is 15.7 Å². The van der Waals surface area contributed by atoms with Crippen LogP contribution in [-0.4, -0.2) is 15.5 Å². The number of hydrogen-bond acceptors (Lipinski definition) is 5. The van der Waals surface area contributed by atoms with Crippen LogP contribution in [-0.2, 0) is 10.0 Å². The number of nitrogen functional groups attached to an aromatic ring is 1. The maximum Gasteiger partial charge on any atom is 0.263 e. The van der Waals surface area contributed by atoms with Crippen LogP contribution >= 0.6 is 0 Å². The molecule has 0 heterocycles. The Bertz CT molecular complexity index is 793. The minimum atomic E-state index is -3.86. The van der Waals surface area contributed by atoms with Crippen LogP contribution in [0.5, 0.6) is 5.75 Å². The van der Waals surface area contributed by atoms with Gasteiger partial charge < -0.3 is 10.5 Å². The largest absolute Gasteiger partial charge is 0.497 e. The molecule has 0 radical (unpaired) electrons. The van der Waals surface area contributed by atoms with Crippen LogP contribution in [0.2, 0.25) is 0 Å². The lowest BCUT2D eigenvalue weighted by Crippen LogP contribution is -2.14. The number of anilines is 2. The van der Waals surface area contributed by atoms with Gasteiger partial charge in [-0.2, -0.15) is 5.26 Å². The van der Waals surface area contributed by atoms with E-state index in [-0.39, 0.29) is 10.5 Å². The Labute approximate surface area is 122 Å². The summed E-state index contributed by atoms with van der Waals surface area (Å²) < 4.78 is 32.0. The molecule has 6 nitrogen and oxygen atoms in total. The first-order valence-electron chi connectivity index (χ1n) is 5.93. The molecular weight excluding hydrogens is 290 g/mol. The zero-order valence-electron chi connectivity index (χ0n) is 11.2. The van der Waals surface area contributed by atoms with Crippen LogP contribution in [0.25, 0.3) is 0 Å². The SMILES string of the molecule is COc1ccc(NS(=O)(=O)c2ccc(N)cc2C#N)cc1. The standard InChI is InChI=1S/C14H13N3O3S/c1-20-13-5-3-12(4-6-13)17-21(18,19)14-7-2-11(16)8-10(14)9-15/h2-8,17H,16H2,1H3. The number of ether oxygens (including phenoxy) is 1. The average molecular weight is 303 g/mol. The first kappa shape index (κ1) is 14.7. The Morgan fingerprint density at radius 1 is 1.19 bits per heavy atom. The van der Waals surface area contributed by atoms with Gasteiger partial charge in [-0.05, 0) is 42.5 Å². The molecule has 0 aliphatic heterocycles. The topological polar surface area (TPSA) is 105 Å². The highest BCUT2D eigenvalue weighted by atomic mass is 32.2. The van der Waals surface area contributed by atoms with Crippen molar-refractivity contribution in [2.45, 2.75) is 4.90 Å². The predicted octanol–water partition coefficient (Wildman–Crippen LogP) is 1.95. The number of methoxy groups -OCH3 is 1. The molecule has 21 heavy (non-hydrogen) atoms. The van der Waals surface area contributed by atoms with Crippen LogP contribution in [0.3, 0.4) is 0 Å². The summed E-state index contributed by atoms with van der Waals surface area (Å²) in [5, 5.41) is 9.03. The third-order valence-electron chi connectivity index (χ3n) is 2.76. The number of nitriles is 1. The van der Waals surface area contributed by atoms with E-state index in [1.807, 2.05) is 6.07 Å². The Kier molecular flexibility index (Phi) is 4.00. The lowest BCUT2D eigenvalue weighted by atomic mass is 10.2. The maximum atomic E-state index is 12.3. The number of nitrogens with one attached hydrogen (secondary N) is 1. The first-order valence-corrected chi connectivity index (χ1v) is 7.41. The monoisotopic (exact) mass is 303 g/mol. The van der Waals surface area contributed by atoms with Crippen molar-refractivity contribution in [2.24, 2.45) is 0 Å². The maximum absolute atomic E-state index is 12.3. The Morgan fingerprint density at radius 2 is 1.86 bits per heavy atom. The molecule has 2 rings (SSSR count). The number of nitrogens with two attached hydrogens (primary N) is 1. The Balaban J connectivity index is 2.36. The summed E-state index contributed by atoms with van der Waals surface area (Å²) >= 11 is 0. The van der Waals surface area contributed by atoms with E-state index in [2.05, 4.69) is 4.72 Å². The van der Waals surface area contributed by atoms with Crippen molar-refractivity contribution in [1.29, 1.82) is 5.26 Å². The number of sulfonamides is 1. The van der Waals surface area contributed by atoms with E-state index in [9.17, 15) is 8.42 Å². The third-order valence-corrected chi connectivity index (χ3v) is 4.20. The van der Waals surface area contributed by atoms with Gasteiger partial charge in [0.05, 0.1) is 12.7 Å². The molecule has 0 fully saturated rings. The second-order valence-electron chi connectivity index (χ2n) is 4.20. The highest BCUT2D eigenvalue weighted by Gasteiger charge is 2.19. The van der Waals surface area contributed by atoms with E-state index in [0.717, 1.165) is 0 Å². The Hall–Kier alpha value is -2.72. The van der Waals surface area contributed by atoms with Crippen molar-refractivity contribution in [1.82, 2.24) is 0 Å². The van der Waals surface area contributed by atoms with Crippen LogP contribution in [0.15, 0.2) is 47.4 Å². The molecule has 0 amide bonds. The zero-order valence-corrected chi connectivity index (χ0v) is 12.0. The summed E-state index contributed by atoms with van der Waals surface area (Å²) in [5.74, 6) is 0.614. The fourth-order valence-electron chi connectivity index (χ4n) is 1.74. The molecule has 0 spiro atoms. The molecule has 0 aromatic heterocycles. The molecule has 2 aromatic rings. The lowest BCUT2D eigenvalue weighted by Gasteiger charge is -2.10. The summed E-state index contributed by atoms with van der Waals surface area (Å²) in [7, 11) is -2.34. The molecule has 0 saturated heterocycles. The molecule has 7 heteroatoms. The van der Waals surface area contributed by atoms with Gasteiger partial charge in [0.15, 0.2) is 0 Å². The summed E-state index contributed by atoms with van der Waals surface area (Å²) in [6.45, 7) is 0. The number of hydrogen-bond donors (Lipinski definition) is 2. The van der Waals surface area contributed by atoms with Crippen molar-refractivity contribution in [3.63, 3.8) is 0 Å². The van der Waals surface area contributed by atoms with Crippen molar-refractivity contribution in [2.75, 3.05) is 17.6 Å². The molecule has 3 N–H and O–H groups in total. The molecule has 0 unspecified atom stereocenters.